The first-order chi connectivity index (χ1) is 13.6. The van der Waals surface area contributed by atoms with Crippen LogP contribution in [0.2, 0.25) is 0 Å². The minimum absolute atomic E-state index is 0.211. The highest BCUT2D eigenvalue weighted by Crippen LogP contribution is 2.36. The minimum atomic E-state index is 0.211. The lowest BCUT2D eigenvalue weighted by Crippen LogP contribution is -2.48. The number of carbonyl (C=O) groups excluding carboxylic acids is 1. The summed E-state index contributed by atoms with van der Waals surface area (Å²) in [5.41, 5.74) is 0. The van der Waals surface area contributed by atoms with Gasteiger partial charge in [0.15, 0.2) is 10.9 Å². The molecule has 0 spiro atoms. The van der Waals surface area contributed by atoms with Crippen LogP contribution in [0.25, 0.3) is 11.6 Å². The predicted molar refractivity (Wildman–Crippen MR) is 110 cm³/mol. The molecule has 1 amide bonds. The zero-order chi connectivity index (χ0) is 19.5. The average Bonchev–Trinajstić information content (AvgIpc) is 3.36. The highest BCUT2D eigenvalue weighted by molar-refractivity contribution is 7.99. The normalized spacial score (nSPS) is 23.9. The Morgan fingerprint density at radius 3 is 2.54 bits per heavy atom. The lowest BCUT2D eigenvalue weighted by atomic mass is 9.95. The molecule has 2 aromatic rings. The fourth-order valence-electron chi connectivity index (χ4n) is 4.73. The molecule has 3 heterocycles. The van der Waals surface area contributed by atoms with Crippen LogP contribution in [-0.2, 0) is 4.79 Å². The summed E-state index contributed by atoms with van der Waals surface area (Å²) in [6.45, 7) is 4.33. The molecule has 152 valence electrons. The van der Waals surface area contributed by atoms with E-state index in [0.717, 1.165) is 42.4 Å². The van der Waals surface area contributed by atoms with Gasteiger partial charge in [-0.3, -0.25) is 9.36 Å². The number of aromatic nitrogens is 3. The van der Waals surface area contributed by atoms with E-state index < -0.39 is 0 Å². The molecule has 28 heavy (non-hydrogen) atoms. The van der Waals surface area contributed by atoms with Crippen molar-refractivity contribution in [2.75, 3.05) is 5.75 Å². The first-order valence-corrected chi connectivity index (χ1v) is 11.6. The highest BCUT2D eigenvalue weighted by atomic mass is 32.2. The van der Waals surface area contributed by atoms with Gasteiger partial charge in [0.25, 0.3) is 0 Å². The van der Waals surface area contributed by atoms with Gasteiger partial charge in [0, 0.05) is 18.1 Å². The molecular formula is C21H30N4O2S. The van der Waals surface area contributed by atoms with Gasteiger partial charge in [-0.2, -0.15) is 0 Å². The van der Waals surface area contributed by atoms with Crippen LogP contribution in [0.15, 0.2) is 28.0 Å². The van der Waals surface area contributed by atoms with Gasteiger partial charge in [-0.05, 0) is 58.1 Å². The molecule has 2 atom stereocenters. The van der Waals surface area contributed by atoms with Crippen molar-refractivity contribution in [1.82, 2.24) is 19.7 Å². The SMILES string of the molecule is CC1CCCC(C)N1C(=O)CSc1nnc(-c2ccco2)n1C1CCCCC1. The summed E-state index contributed by atoms with van der Waals surface area (Å²) in [5.74, 6) is 2.15. The van der Waals surface area contributed by atoms with E-state index in [2.05, 4.69) is 33.5 Å². The van der Waals surface area contributed by atoms with Crippen molar-refractivity contribution in [3.8, 4) is 11.6 Å². The summed E-state index contributed by atoms with van der Waals surface area (Å²) in [7, 11) is 0. The summed E-state index contributed by atoms with van der Waals surface area (Å²) in [4.78, 5) is 15.0. The summed E-state index contributed by atoms with van der Waals surface area (Å²) >= 11 is 1.52. The second kappa shape index (κ2) is 8.72. The predicted octanol–water partition coefficient (Wildman–Crippen LogP) is 4.92. The molecular weight excluding hydrogens is 372 g/mol. The number of rotatable bonds is 5. The van der Waals surface area contributed by atoms with Gasteiger partial charge in [-0.25, -0.2) is 0 Å². The van der Waals surface area contributed by atoms with Gasteiger partial charge in [-0.15, -0.1) is 10.2 Å². The van der Waals surface area contributed by atoms with Crippen molar-refractivity contribution >= 4 is 17.7 Å². The number of furan rings is 1. The second-order valence-corrected chi connectivity index (χ2v) is 9.11. The Hall–Kier alpha value is -1.76. The van der Waals surface area contributed by atoms with Gasteiger partial charge in [0.05, 0.1) is 12.0 Å². The zero-order valence-electron chi connectivity index (χ0n) is 16.8. The third-order valence-corrected chi connectivity index (χ3v) is 7.08. The molecule has 7 heteroatoms. The van der Waals surface area contributed by atoms with E-state index in [-0.39, 0.29) is 5.91 Å². The lowest BCUT2D eigenvalue weighted by molar-refractivity contribution is -0.134. The fourth-order valence-corrected chi connectivity index (χ4v) is 5.61. The van der Waals surface area contributed by atoms with Crippen molar-refractivity contribution in [2.45, 2.75) is 88.5 Å². The fraction of sp³-hybridized carbons (Fsp3) is 0.667. The molecule has 2 fully saturated rings. The third-order valence-electron chi connectivity index (χ3n) is 6.15. The van der Waals surface area contributed by atoms with Crippen LogP contribution in [0.5, 0.6) is 0 Å². The Morgan fingerprint density at radius 1 is 1.11 bits per heavy atom. The van der Waals surface area contributed by atoms with Crippen LogP contribution in [0.4, 0.5) is 0 Å². The van der Waals surface area contributed by atoms with Gasteiger partial charge < -0.3 is 9.32 Å². The quantitative estimate of drug-likeness (QED) is 0.664. The van der Waals surface area contributed by atoms with Crippen LogP contribution in [0, 0.1) is 0 Å². The molecule has 0 bridgehead atoms. The summed E-state index contributed by atoms with van der Waals surface area (Å²) in [5, 5.41) is 9.71. The lowest BCUT2D eigenvalue weighted by Gasteiger charge is -2.39. The van der Waals surface area contributed by atoms with Gasteiger partial charge in [0.1, 0.15) is 0 Å². The minimum Gasteiger partial charge on any atom is -0.461 e. The van der Waals surface area contributed by atoms with E-state index in [9.17, 15) is 4.79 Å². The maximum absolute atomic E-state index is 12.9. The molecule has 1 aliphatic heterocycles. The van der Waals surface area contributed by atoms with Gasteiger partial charge in [-0.1, -0.05) is 31.0 Å². The third kappa shape index (κ3) is 4.00. The molecule has 2 aliphatic rings. The molecule has 2 aromatic heterocycles. The van der Waals surface area contributed by atoms with Crippen molar-refractivity contribution in [3.05, 3.63) is 18.4 Å². The number of hydrogen-bond acceptors (Lipinski definition) is 5. The number of amides is 1. The van der Waals surface area contributed by atoms with E-state index >= 15 is 0 Å². The number of hydrogen-bond donors (Lipinski definition) is 0. The standard InChI is InChI=1S/C21H30N4O2S/c1-15-8-6-9-16(2)24(15)19(26)14-28-21-23-22-20(18-12-7-13-27-18)25(21)17-10-4-3-5-11-17/h7,12-13,15-17H,3-6,8-11,14H2,1-2H3. The van der Waals surface area contributed by atoms with Crippen LogP contribution in [0.3, 0.4) is 0 Å². The first-order valence-electron chi connectivity index (χ1n) is 10.6. The molecule has 6 nitrogen and oxygen atoms in total. The Labute approximate surface area is 171 Å². The van der Waals surface area contributed by atoms with E-state index in [1.165, 1.54) is 37.4 Å². The van der Waals surface area contributed by atoms with Gasteiger partial charge >= 0.3 is 0 Å². The smallest absolute Gasteiger partial charge is 0.233 e. The van der Waals surface area contributed by atoms with Gasteiger partial charge in [0.2, 0.25) is 11.7 Å². The Bertz CT molecular complexity index is 772. The second-order valence-electron chi connectivity index (χ2n) is 8.16. The molecule has 1 saturated heterocycles. The summed E-state index contributed by atoms with van der Waals surface area (Å²) in [6, 6.07) is 4.85. The number of piperidine rings is 1. The molecule has 1 saturated carbocycles. The monoisotopic (exact) mass is 402 g/mol. The van der Waals surface area contributed by atoms with Crippen molar-refractivity contribution in [1.29, 1.82) is 0 Å². The van der Waals surface area contributed by atoms with Crippen LogP contribution < -0.4 is 0 Å². The number of likely N-dealkylation sites (tertiary alicyclic amines) is 1. The topological polar surface area (TPSA) is 64.2 Å². The molecule has 1 aliphatic carbocycles. The molecule has 0 aromatic carbocycles. The molecule has 0 radical (unpaired) electrons. The average molecular weight is 403 g/mol. The zero-order valence-corrected chi connectivity index (χ0v) is 17.7. The maximum atomic E-state index is 12.9. The highest BCUT2D eigenvalue weighted by Gasteiger charge is 2.30. The van der Waals surface area contributed by atoms with Crippen LogP contribution in [-0.4, -0.2) is 43.4 Å². The Morgan fingerprint density at radius 2 is 1.86 bits per heavy atom. The van der Waals surface area contributed by atoms with E-state index in [0.29, 0.717) is 23.9 Å². The summed E-state index contributed by atoms with van der Waals surface area (Å²) < 4.78 is 7.83. The number of nitrogens with zero attached hydrogens (tertiary/aromatic N) is 4. The Kier molecular flexibility index (Phi) is 6.09. The molecule has 4 rings (SSSR count). The summed E-state index contributed by atoms with van der Waals surface area (Å²) in [6.07, 6.45) is 11.1. The Balaban J connectivity index is 1.53. The van der Waals surface area contributed by atoms with E-state index in [1.54, 1.807) is 6.26 Å². The van der Waals surface area contributed by atoms with E-state index in [4.69, 9.17) is 4.42 Å². The number of carbonyl (C=O) groups is 1. The van der Waals surface area contributed by atoms with Crippen molar-refractivity contribution in [2.24, 2.45) is 0 Å². The molecule has 0 N–H and O–H groups in total. The maximum Gasteiger partial charge on any atom is 0.233 e. The first kappa shape index (κ1) is 19.6. The number of thioether (sulfide) groups is 1. The van der Waals surface area contributed by atoms with Crippen LogP contribution in [0.1, 0.15) is 71.3 Å². The van der Waals surface area contributed by atoms with Crippen molar-refractivity contribution in [3.63, 3.8) is 0 Å². The molecule has 2 unspecified atom stereocenters. The van der Waals surface area contributed by atoms with Crippen LogP contribution >= 0.6 is 11.8 Å². The van der Waals surface area contributed by atoms with E-state index in [1.807, 2.05) is 12.1 Å². The largest absolute Gasteiger partial charge is 0.461 e. The van der Waals surface area contributed by atoms with Crippen molar-refractivity contribution < 1.29 is 9.21 Å².